The third-order valence-electron chi connectivity index (χ3n) is 2.50. The molecule has 0 saturated heterocycles. The minimum Gasteiger partial charge on any atom is -0.305 e. The van der Waals surface area contributed by atoms with Crippen molar-refractivity contribution in [3.8, 4) is 11.4 Å². The Labute approximate surface area is 99.7 Å². The van der Waals surface area contributed by atoms with E-state index in [2.05, 4.69) is 15.0 Å². The first-order valence-corrected chi connectivity index (χ1v) is 5.43. The maximum Gasteiger partial charge on any atom is 0.343 e. The fraction of sp³-hybridized carbons (Fsp3) is 0.333. The summed E-state index contributed by atoms with van der Waals surface area (Å²) in [4.78, 5) is 16.1. The van der Waals surface area contributed by atoms with Gasteiger partial charge in [-0.2, -0.15) is 5.10 Å². The Kier molecular flexibility index (Phi) is 3.10. The third kappa shape index (κ3) is 2.62. The van der Waals surface area contributed by atoms with E-state index in [0.29, 0.717) is 5.82 Å². The van der Waals surface area contributed by atoms with Crippen LogP contribution >= 0.6 is 0 Å². The fourth-order valence-electron chi connectivity index (χ4n) is 1.67. The lowest BCUT2D eigenvalue weighted by atomic mass is 10.1. The molecular weight excluding hydrogens is 216 g/mol. The molecule has 0 aliphatic heterocycles. The van der Waals surface area contributed by atoms with Gasteiger partial charge < -0.3 is 4.90 Å². The molecule has 1 aromatic heterocycles. The summed E-state index contributed by atoms with van der Waals surface area (Å²) < 4.78 is 1.29. The average Bonchev–Trinajstić information content (AvgIpc) is 2.59. The van der Waals surface area contributed by atoms with Crippen molar-refractivity contribution in [3.63, 3.8) is 0 Å². The maximum atomic E-state index is 11.3. The minimum atomic E-state index is -0.197. The SMILES string of the molecule is CN(C)Cc1ccc(-c2nn(C)c(=O)[nH]2)cc1. The van der Waals surface area contributed by atoms with Crippen LogP contribution in [0.2, 0.25) is 0 Å². The molecule has 0 fully saturated rings. The molecule has 0 aliphatic carbocycles. The van der Waals surface area contributed by atoms with Crippen molar-refractivity contribution in [1.82, 2.24) is 19.7 Å². The van der Waals surface area contributed by atoms with Gasteiger partial charge >= 0.3 is 5.69 Å². The molecule has 90 valence electrons. The largest absolute Gasteiger partial charge is 0.343 e. The van der Waals surface area contributed by atoms with Gasteiger partial charge in [0.05, 0.1) is 0 Å². The van der Waals surface area contributed by atoms with Crippen LogP contribution in [0.3, 0.4) is 0 Å². The van der Waals surface area contributed by atoms with Gasteiger partial charge in [0, 0.05) is 19.2 Å². The van der Waals surface area contributed by atoms with Crippen LogP contribution in [0.5, 0.6) is 0 Å². The Morgan fingerprint density at radius 1 is 1.29 bits per heavy atom. The van der Waals surface area contributed by atoms with E-state index >= 15 is 0 Å². The molecule has 0 atom stereocenters. The highest BCUT2D eigenvalue weighted by atomic mass is 16.1. The highest BCUT2D eigenvalue weighted by molar-refractivity contribution is 5.54. The van der Waals surface area contributed by atoms with E-state index < -0.39 is 0 Å². The van der Waals surface area contributed by atoms with Crippen molar-refractivity contribution in [1.29, 1.82) is 0 Å². The van der Waals surface area contributed by atoms with Crippen molar-refractivity contribution in [2.75, 3.05) is 14.1 Å². The first-order chi connectivity index (χ1) is 8.06. The monoisotopic (exact) mass is 232 g/mol. The van der Waals surface area contributed by atoms with Crippen LogP contribution in [0.25, 0.3) is 11.4 Å². The molecule has 5 nitrogen and oxygen atoms in total. The Hall–Kier alpha value is -1.88. The quantitative estimate of drug-likeness (QED) is 0.853. The number of aromatic amines is 1. The summed E-state index contributed by atoms with van der Waals surface area (Å²) in [7, 11) is 5.69. The summed E-state index contributed by atoms with van der Waals surface area (Å²) in [5, 5.41) is 4.11. The number of nitrogens with zero attached hydrogens (tertiary/aromatic N) is 3. The lowest BCUT2D eigenvalue weighted by Crippen LogP contribution is -2.13. The maximum absolute atomic E-state index is 11.3. The zero-order valence-corrected chi connectivity index (χ0v) is 10.3. The van der Waals surface area contributed by atoms with E-state index in [0.717, 1.165) is 12.1 Å². The molecule has 1 N–H and O–H groups in total. The Morgan fingerprint density at radius 3 is 2.41 bits per heavy atom. The van der Waals surface area contributed by atoms with Gasteiger partial charge in [0.15, 0.2) is 5.82 Å². The second-order valence-electron chi connectivity index (χ2n) is 4.34. The van der Waals surface area contributed by atoms with Crippen molar-refractivity contribution in [2.45, 2.75) is 6.54 Å². The molecule has 0 unspecified atom stereocenters. The summed E-state index contributed by atoms with van der Waals surface area (Å²) in [6.45, 7) is 0.902. The van der Waals surface area contributed by atoms with Crippen LogP contribution in [0.15, 0.2) is 29.1 Å². The number of nitrogens with one attached hydrogen (secondary N) is 1. The van der Waals surface area contributed by atoms with Gasteiger partial charge in [-0.1, -0.05) is 24.3 Å². The number of rotatable bonds is 3. The summed E-state index contributed by atoms with van der Waals surface area (Å²) in [6.07, 6.45) is 0. The minimum absolute atomic E-state index is 0.197. The predicted octanol–water partition coefficient (Wildman–Crippen LogP) is 0.837. The standard InChI is InChI=1S/C12H16N4O/c1-15(2)8-9-4-6-10(7-5-9)11-13-12(17)16(3)14-11/h4-7H,8H2,1-3H3,(H,13,14,17). The Balaban J connectivity index is 2.26. The number of aromatic nitrogens is 3. The number of benzene rings is 1. The van der Waals surface area contributed by atoms with Crippen LogP contribution in [0.1, 0.15) is 5.56 Å². The molecule has 17 heavy (non-hydrogen) atoms. The molecule has 2 aromatic rings. The molecule has 0 radical (unpaired) electrons. The van der Waals surface area contributed by atoms with Crippen LogP contribution in [-0.4, -0.2) is 33.8 Å². The molecular formula is C12H16N4O. The van der Waals surface area contributed by atoms with Gasteiger partial charge in [0.2, 0.25) is 0 Å². The third-order valence-corrected chi connectivity index (χ3v) is 2.50. The normalized spacial score (nSPS) is 11.1. The summed E-state index contributed by atoms with van der Waals surface area (Å²) in [5.74, 6) is 0.605. The summed E-state index contributed by atoms with van der Waals surface area (Å²) >= 11 is 0. The topological polar surface area (TPSA) is 53.9 Å². The van der Waals surface area contributed by atoms with Crippen LogP contribution in [0, 0.1) is 0 Å². The highest BCUT2D eigenvalue weighted by Crippen LogP contribution is 2.14. The highest BCUT2D eigenvalue weighted by Gasteiger charge is 2.04. The second kappa shape index (κ2) is 4.55. The number of hydrogen-bond acceptors (Lipinski definition) is 3. The van der Waals surface area contributed by atoms with Crippen molar-refractivity contribution >= 4 is 0 Å². The molecule has 0 amide bonds. The number of H-pyrrole nitrogens is 1. The Morgan fingerprint density at radius 2 is 1.94 bits per heavy atom. The van der Waals surface area contributed by atoms with Crippen molar-refractivity contribution < 1.29 is 0 Å². The van der Waals surface area contributed by atoms with E-state index in [-0.39, 0.29) is 5.69 Å². The predicted molar refractivity (Wildman–Crippen MR) is 66.7 cm³/mol. The lowest BCUT2D eigenvalue weighted by molar-refractivity contribution is 0.402. The van der Waals surface area contributed by atoms with Crippen LogP contribution in [0.4, 0.5) is 0 Å². The first kappa shape index (κ1) is 11.6. The summed E-state index contributed by atoms with van der Waals surface area (Å²) in [6, 6.07) is 8.03. The molecule has 0 aliphatic rings. The van der Waals surface area contributed by atoms with E-state index in [9.17, 15) is 4.79 Å². The van der Waals surface area contributed by atoms with E-state index in [1.165, 1.54) is 10.2 Å². The second-order valence-corrected chi connectivity index (χ2v) is 4.34. The van der Waals surface area contributed by atoms with Gasteiger partial charge in [-0.25, -0.2) is 9.48 Å². The zero-order chi connectivity index (χ0) is 12.4. The van der Waals surface area contributed by atoms with Gasteiger partial charge in [-0.3, -0.25) is 4.98 Å². The fourth-order valence-corrected chi connectivity index (χ4v) is 1.67. The van der Waals surface area contributed by atoms with E-state index in [4.69, 9.17) is 0 Å². The molecule has 0 bridgehead atoms. The summed E-state index contributed by atoms with van der Waals surface area (Å²) in [5.41, 5.74) is 1.96. The van der Waals surface area contributed by atoms with Gasteiger partial charge in [0.25, 0.3) is 0 Å². The smallest absolute Gasteiger partial charge is 0.305 e. The average molecular weight is 232 g/mol. The van der Waals surface area contributed by atoms with Gasteiger partial charge in [-0.15, -0.1) is 0 Å². The number of aryl methyl sites for hydroxylation is 1. The molecule has 2 rings (SSSR count). The molecule has 1 aromatic carbocycles. The molecule has 5 heteroatoms. The Bertz CT molecular complexity index is 551. The van der Waals surface area contributed by atoms with E-state index in [1.54, 1.807) is 7.05 Å². The molecule has 1 heterocycles. The van der Waals surface area contributed by atoms with Crippen molar-refractivity contribution in [3.05, 3.63) is 40.3 Å². The molecule has 0 spiro atoms. The van der Waals surface area contributed by atoms with Crippen molar-refractivity contribution in [2.24, 2.45) is 7.05 Å². The zero-order valence-electron chi connectivity index (χ0n) is 10.3. The first-order valence-electron chi connectivity index (χ1n) is 5.43. The van der Waals surface area contributed by atoms with Gasteiger partial charge in [-0.05, 0) is 19.7 Å². The van der Waals surface area contributed by atoms with Gasteiger partial charge in [0.1, 0.15) is 0 Å². The van der Waals surface area contributed by atoms with Crippen LogP contribution < -0.4 is 5.69 Å². The van der Waals surface area contributed by atoms with E-state index in [1.807, 2.05) is 38.4 Å². The number of hydrogen-bond donors (Lipinski definition) is 1. The lowest BCUT2D eigenvalue weighted by Gasteiger charge is -2.09. The van der Waals surface area contributed by atoms with Crippen LogP contribution in [-0.2, 0) is 13.6 Å². The molecule has 0 saturated carbocycles.